The van der Waals surface area contributed by atoms with E-state index in [0.717, 1.165) is 22.3 Å². The van der Waals surface area contributed by atoms with E-state index >= 15 is 0 Å². The molecule has 0 aliphatic heterocycles. The van der Waals surface area contributed by atoms with Gasteiger partial charge in [0, 0.05) is 25.4 Å². The number of carbonyl (C=O) groups is 3. The number of fused-ring (bicyclic) bond motifs is 3. The van der Waals surface area contributed by atoms with Crippen molar-refractivity contribution in [3.8, 4) is 11.1 Å². The highest BCUT2D eigenvalue weighted by Crippen LogP contribution is 2.54. The van der Waals surface area contributed by atoms with Crippen LogP contribution in [0.5, 0.6) is 0 Å². The molecule has 2 aliphatic carbocycles. The van der Waals surface area contributed by atoms with Gasteiger partial charge in [-0.2, -0.15) is 0 Å². The molecule has 2 aromatic rings. The van der Waals surface area contributed by atoms with Crippen molar-refractivity contribution in [3.05, 3.63) is 59.7 Å². The Morgan fingerprint density at radius 3 is 2.20 bits per heavy atom. The first-order valence-corrected chi connectivity index (χ1v) is 11.7. The normalized spacial score (nSPS) is 20.3. The van der Waals surface area contributed by atoms with Crippen molar-refractivity contribution < 1.29 is 33.0 Å². The van der Waals surface area contributed by atoms with E-state index in [1.165, 1.54) is 0 Å². The number of hydrogen-bond acceptors (Lipinski definition) is 4. The number of rotatable bonds is 10. The van der Waals surface area contributed by atoms with Crippen LogP contribution in [0.1, 0.15) is 36.8 Å². The molecule has 2 amide bonds. The largest absolute Gasteiger partial charge is 0.481 e. The van der Waals surface area contributed by atoms with Gasteiger partial charge in [0.25, 0.3) is 5.92 Å². The first-order chi connectivity index (χ1) is 16.7. The summed E-state index contributed by atoms with van der Waals surface area (Å²) >= 11 is 0. The zero-order valence-corrected chi connectivity index (χ0v) is 19.3. The van der Waals surface area contributed by atoms with Crippen LogP contribution < -0.4 is 10.6 Å². The maximum Gasteiger partial charge on any atom is 0.407 e. The topological polar surface area (TPSA) is 105 Å². The number of alkyl halides is 2. The zero-order valence-electron chi connectivity index (χ0n) is 19.3. The van der Waals surface area contributed by atoms with Crippen molar-refractivity contribution in [2.45, 2.75) is 31.6 Å². The van der Waals surface area contributed by atoms with Crippen LogP contribution >= 0.6 is 0 Å². The number of amides is 2. The third-order valence-electron chi connectivity index (χ3n) is 6.77. The minimum atomic E-state index is -3.28. The molecule has 0 heterocycles. The number of carboxylic acids is 1. The van der Waals surface area contributed by atoms with E-state index in [9.17, 15) is 23.2 Å². The van der Waals surface area contributed by atoms with Crippen molar-refractivity contribution in [2.75, 3.05) is 19.7 Å². The summed E-state index contributed by atoms with van der Waals surface area (Å²) in [6, 6.07) is 16.1. The summed E-state index contributed by atoms with van der Waals surface area (Å²) in [5, 5.41) is 13.8. The lowest BCUT2D eigenvalue weighted by atomic mass is 9.98. The smallest absolute Gasteiger partial charge is 0.407 e. The molecule has 186 valence electrons. The van der Waals surface area contributed by atoms with E-state index in [-0.39, 0.29) is 31.4 Å². The Balaban J connectivity index is 1.16. The molecule has 2 aromatic carbocycles. The molecule has 0 radical (unpaired) electrons. The Kier molecular flexibility index (Phi) is 7.05. The Bertz CT molecular complexity index is 1080. The van der Waals surface area contributed by atoms with E-state index in [1.807, 2.05) is 43.3 Å². The van der Waals surface area contributed by atoms with Gasteiger partial charge < -0.3 is 20.5 Å². The first kappa shape index (κ1) is 24.6. The van der Waals surface area contributed by atoms with Gasteiger partial charge in [-0.15, -0.1) is 0 Å². The number of nitrogens with one attached hydrogen (secondary N) is 2. The van der Waals surface area contributed by atoms with Gasteiger partial charge in [-0.1, -0.05) is 55.5 Å². The van der Waals surface area contributed by atoms with Gasteiger partial charge in [0.15, 0.2) is 0 Å². The average molecular weight is 487 g/mol. The number of hydrogen-bond donors (Lipinski definition) is 3. The van der Waals surface area contributed by atoms with Gasteiger partial charge in [-0.05, 0) is 34.6 Å². The highest BCUT2D eigenvalue weighted by atomic mass is 19.3. The molecule has 2 aliphatic rings. The zero-order chi connectivity index (χ0) is 25.2. The Labute approximate surface area is 201 Å². The van der Waals surface area contributed by atoms with E-state index in [0.29, 0.717) is 13.0 Å². The molecule has 9 heteroatoms. The molecular weight excluding hydrogens is 458 g/mol. The van der Waals surface area contributed by atoms with Crippen molar-refractivity contribution in [1.29, 1.82) is 0 Å². The van der Waals surface area contributed by atoms with Crippen molar-refractivity contribution in [3.63, 3.8) is 0 Å². The SMILES string of the molecule is CC(CCNC(=O)OCC1c2ccccc2-c2ccccc21)CC(=O)NCC1C(C(=O)O)C1(F)F. The van der Waals surface area contributed by atoms with Crippen LogP contribution in [-0.4, -0.2) is 48.7 Å². The summed E-state index contributed by atoms with van der Waals surface area (Å²) in [6.45, 7) is 1.95. The van der Waals surface area contributed by atoms with E-state index in [1.54, 1.807) is 0 Å². The van der Waals surface area contributed by atoms with Gasteiger partial charge in [0.05, 0.1) is 5.92 Å². The summed E-state index contributed by atoms with van der Waals surface area (Å²) in [6.07, 6.45) is 0.0383. The fourth-order valence-corrected chi connectivity index (χ4v) is 4.77. The third kappa shape index (κ3) is 5.28. The summed E-state index contributed by atoms with van der Waals surface area (Å²) in [7, 11) is 0. The Hall–Kier alpha value is -3.49. The molecule has 1 saturated carbocycles. The minimum absolute atomic E-state index is 0.0321. The molecule has 3 atom stereocenters. The molecule has 0 bridgehead atoms. The summed E-state index contributed by atoms with van der Waals surface area (Å²) in [4.78, 5) is 35.0. The van der Waals surface area contributed by atoms with E-state index in [2.05, 4.69) is 22.8 Å². The minimum Gasteiger partial charge on any atom is -0.481 e. The molecule has 3 unspecified atom stereocenters. The van der Waals surface area contributed by atoms with Crippen LogP contribution in [0.3, 0.4) is 0 Å². The lowest BCUT2D eigenvalue weighted by molar-refractivity contribution is -0.141. The number of benzene rings is 2. The second kappa shape index (κ2) is 10.0. The van der Waals surface area contributed by atoms with Gasteiger partial charge in [-0.25, -0.2) is 13.6 Å². The maximum atomic E-state index is 13.4. The van der Waals surface area contributed by atoms with Crippen molar-refractivity contribution in [1.82, 2.24) is 10.6 Å². The van der Waals surface area contributed by atoms with E-state index < -0.39 is 35.7 Å². The maximum absolute atomic E-state index is 13.4. The highest BCUT2D eigenvalue weighted by molar-refractivity contribution is 5.79. The van der Waals surface area contributed by atoms with Crippen molar-refractivity contribution in [2.24, 2.45) is 17.8 Å². The predicted molar refractivity (Wildman–Crippen MR) is 124 cm³/mol. The lowest BCUT2D eigenvalue weighted by Gasteiger charge is -2.15. The molecular formula is C26H28F2N2O5. The number of carboxylic acid groups (broad SMARTS) is 1. The van der Waals surface area contributed by atoms with Crippen molar-refractivity contribution >= 4 is 18.0 Å². The molecule has 0 spiro atoms. The molecule has 1 fully saturated rings. The first-order valence-electron chi connectivity index (χ1n) is 11.7. The van der Waals surface area contributed by atoms with Gasteiger partial charge in [-0.3, -0.25) is 9.59 Å². The van der Waals surface area contributed by atoms with Gasteiger partial charge in [0.1, 0.15) is 12.5 Å². The second-order valence-corrected chi connectivity index (χ2v) is 9.25. The molecule has 35 heavy (non-hydrogen) atoms. The summed E-state index contributed by atoms with van der Waals surface area (Å²) in [5.41, 5.74) is 4.54. The number of carbonyl (C=O) groups excluding carboxylic acids is 2. The molecule has 3 N–H and O–H groups in total. The van der Waals surface area contributed by atoms with Crippen LogP contribution in [0.25, 0.3) is 11.1 Å². The number of halogens is 2. The predicted octanol–water partition coefficient (Wildman–Crippen LogP) is 4.02. The standard InChI is InChI=1S/C26H28F2N2O5/c1-15(12-22(31)30-13-21-23(24(32)33)26(21,27)28)10-11-29-25(34)35-14-20-18-8-4-2-6-16(18)17-7-3-5-9-19(17)20/h2-9,15,20-21,23H,10-14H2,1H3,(H,29,34)(H,30,31)(H,32,33). The number of alkyl carbamates (subject to hydrolysis) is 1. The van der Waals surface area contributed by atoms with Crippen LogP contribution in [0.2, 0.25) is 0 Å². The number of ether oxygens (including phenoxy) is 1. The van der Waals surface area contributed by atoms with Gasteiger partial charge in [0.2, 0.25) is 5.91 Å². The molecule has 0 saturated heterocycles. The average Bonchev–Trinajstić information content (AvgIpc) is 3.23. The molecule has 4 rings (SSSR count). The van der Waals surface area contributed by atoms with Crippen LogP contribution in [0.4, 0.5) is 13.6 Å². The van der Waals surface area contributed by atoms with E-state index in [4.69, 9.17) is 9.84 Å². The summed E-state index contributed by atoms with van der Waals surface area (Å²) in [5.74, 6) is -8.50. The monoisotopic (exact) mass is 486 g/mol. The molecule has 7 nitrogen and oxygen atoms in total. The fourth-order valence-electron chi connectivity index (χ4n) is 4.77. The Morgan fingerprint density at radius 1 is 1.03 bits per heavy atom. The summed E-state index contributed by atoms with van der Waals surface area (Å²) < 4.78 is 32.3. The van der Waals surface area contributed by atoms with Gasteiger partial charge >= 0.3 is 12.1 Å². The third-order valence-corrected chi connectivity index (χ3v) is 6.77. The van der Waals surface area contributed by atoms with Crippen LogP contribution in [0.15, 0.2) is 48.5 Å². The van der Waals surface area contributed by atoms with Crippen LogP contribution in [0, 0.1) is 17.8 Å². The lowest BCUT2D eigenvalue weighted by Crippen LogP contribution is -2.30. The fraction of sp³-hybridized carbons (Fsp3) is 0.423. The molecule has 0 aromatic heterocycles. The second-order valence-electron chi connectivity index (χ2n) is 9.25. The Morgan fingerprint density at radius 2 is 1.63 bits per heavy atom. The highest BCUT2D eigenvalue weighted by Gasteiger charge is 2.72. The quantitative estimate of drug-likeness (QED) is 0.471. The number of aliphatic carboxylic acids is 1. The van der Waals surface area contributed by atoms with Crippen LogP contribution in [-0.2, 0) is 14.3 Å².